The summed E-state index contributed by atoms with van der Waals surface area (Å²) in [5.41, 5.74) is 1.51. The second-order valence-electron chi connectivity index (χ2n) is 8.05. The molecule has 1 aliphatic carbocycles. The molecule has 2 saturated heterocycles. The van der Waals surface area contributed by atoms with E-state index in [1.165, 1.54) is 18.4 Å². The summed E-state index contributed by atoms with van der Waals surface area (Å²) < 4.78 is 10.7. The fourth-order valence-electron chi connectivity index (χ4n) is 5.12. The zero-order valence-corrected chi connectivity index (χ0v) is 15.8. The van der Waals surface area contributed by atoms with E-state index in [0.717, 1.165) is 51.3 Å². The van der Waals surface area contributed by atoms with Gasteiger partial charge >= 0.3 is 0 Å². The number of ether oxygens (including phenoxy) is 2. The van der Waals surface area contributed by atoms with E-state index in [1.54, 1.807) is 7.11 Å². The van der Waals surface area contributed by atoms with E-state index in [1.807, 2.05) is 17.0 Å². The number of hydrogen-bond donors (Lipinski definition) is 0. The largest absolute Gasteiger partial charge is 0.497 e. The Morgan fingerprint density at radius 1 is 1.19 bits per heavy atom. The average Bonchev–Trinajstić information content (AvgIpc) is 3.29. The molecule has 142 valence electrons. The van der Waals surface area contributed by atoms with E-state index in [0.29, 0.717) is 19.1 Å². The van der Waals surface area contributed by atoms with E-state index in [-0.39, 0.29) is 11.3 Å². The van der Waals surface area contributed by atoms with E-state index >= 15 is 0 Å². The fraction of sp³-hybridized carbons (Fsp3) is 0.667. The van der Waals surface area contributed by atoms with Crippen molar-refractivity contribution in [2.45, 2.75) is 32.2 Å². The summed E-state index contributed by atoms with van der Waals surface area (Å²) in [7, 11) is 1.70. The van der Waals surface area contributed by atoms with Gasteiger partial charge in [-0.3, -0.25) is 9.69 Å². The third kappa shape index (κ3) is 3.47. The highest BCUT2D eigenvalue weighted by atomic mass is 16.5. The van der Waals surface area contributed by atoms with Crippen LogP contribution in [0.5, 0.6) is 5.75 Å². The Labute approximate surface area is 156 Å². The number of morpholine rings is 1. The molecule has 4 rings (SSSR count). The van der Waals surface area contributed by atoms with E-state index < -0.39 is 0 Å². The van der Waals surface area contributed by atoms with Gasteiger partial charge in [-0.05, 0) is 48.9 Å². The molecule has 2 heterocycles. The Hall–Kier alpha value is -1.59. The number of amides is 1. The maximum Gasteiger partial charge on any atom is 0.226 e. The number of rotatable bonds is 4. The third-order valence-electron chi connectivity index (χ3n) is 6.56. The van der Waals surface area contributed by atoms with Gasteiger partial charge in [0.15, 0.2) is 0 Å². The van der Waals surface area contributed by atoms with Gasteiger partial charge in [-0.15, -0.1) is 0 Å². The van der Waals surface area contributed by atoms with Gasteiger partial charge < -0.3 is 14.4 Å². The van der Waals surface area contributed by atoms with Crippen molar-refractivity contribution in [1.82, 2.24) is 9.80 Å². The van der Waals surface area contributed by atoms with Gasteiger partial charge in [0.05, 0.1) is 20.3 Å². The highest BCUT2D eigenvalue weighted by Crippen LogP contribution is 2.50. The lowest BCUT2D eigenvalue weighted by Crippen LogP contribution is -2.47. The molecular formula is C21H30N2O3. The normalized spacial score (nSPS) is 29.4. The highest BCUT2D eigenvalue weighted by molar-refractivity contribution is 5.80. The summed E-state index contributed by atoms with van der Waals surface area (Å²) in [6.07, 6.45) is 4.61. The van der Waals surface area contributed by atoms with Crippen molar-refractivity contribution < 1.29 is 14.3 Å². The molecule has 26 heavy (non-hydrogen) atoms. The van der Waals surface area contributed by atoms with Gasteiger partial charge in [-0.2, -0.15) is 0 Å². The lowest BCUT2D eigenvalue weighted by molar-refractivity contribution is -0.143. The molecule has 0 aromatic heterocycles. The Bertz CT molecular complexity index is 627. The summed E-state index contributed by atoms with van der Waals surface area (Å²) in [5.74, 6) is 1.50. The summed E-state index contributed by atoms with van der Waals surface area (Å²) in [6, 6.07) is 8.35. The van der Waals surface area contributed by atoms with Gasteiger partial charge in [0.25, 0.3) is 0 Å². The number of benzene rings is 1. The molecular weight excluding hydrogens is 328 g/mol. The monoisotopic (exact) mass is 358 g/mol. The van der Waals surface area contributed by atoms with Crippen LogP contribution in [-0.2, 0) is 16.1 Å². The SMILES string of the molecule is COc1ccc(CN2CCC3(CCCC3C(=O)N3CCOCC3)C2)cc1. The van der Waals surface area contributed by atoms with Crippen molar-refractivity contribution in [3.8, 4) is 5.75 Å². The second kappa shape index (κ2) is 7.57. The van der Waals surface area contributed by atoms with Crippen LogP contribution in [0, 0.1) is 11.3 Å². The van der Waals surface area contributed by atoms with Crippen molar-refractivity contribution in [1.29, 1.82) is 0 Å². The molecule has 1 aromatic carbocycles. The van der Waals surface area contributed by atoms with Crippen molar-refractivity contribution in [3.63, 3.8) is 0 Å². The summed E-state index contributed by atoms with van der Waals surface area (Å²) in [6.45, 7) is 6.02. The molecule has 0 radical (unpaired) electrons. The lowest BCUT2D eigenvalue weighted by Gasteiger charge is -2.36. The Morgan fingerprint density at radius 2 is 1.96 bits per heavy atom. The van der Waals surface area contributed by atoms with Crippen LogP contribution in [-0.4, -0.2) is 62.2 Å². The molecule has 3 aliphatic rings. The van der Waals surface area contributed by atoms with Crippen molar-refractivity contribution in [2.75, 3.05) is 46.5 Å². The summed E-state index contributed by atoms with van der Waals surface area (Å²) >= 11 is 0. The molecule has 2 atom stereocenters. The molecule has 2 aliphatic heterocycles. The molecule has 0 bridgehead atoms. The zero-order chi connectivity index (χ0) is 18.0. The van der Waals surface area contributed by atoms with Gasteiger partial charge in [-0.1, -0.05) is 18.6 Å². The summed E-state index contributed by atoms with van der Waals surface area (Å²) in [5, 5.41) is 0. The number of nitrogens with zero attached hydrogens (tertiary/aromatic N) is 2. The van der Waals surface area contributed by atoms with Crippen LogP contribution < -0.4 is 4.74 Å². The van der Waals surface area contributed by atoms with Crippen LogP contribution in [0.1, 0.15) is 31.2 Å². The smallest absolute Gasteiger partial charge is 0.226 e. The quantitative estimate of drug-likeness (QED) is 0.830. The van der Waals surface area contributed by atoms with Crippen LogP contribution in [0.2, 0.25) is 0 Å². The molecule has 5 nitrogen and oxygen atoms in total. The Balaban J connectivity index is 1.40. The van der Waals surface area contributed by atoms with Crippen LogP contribution in [0.4, 0.5) is 0 Å². The van der Waals surface area contributed by atoms with Gasteiger partial charge in [0.1, 0.15) is 5.75 Å². The van der Waals surface area contributed by atoms with Gasteiger partial charge in [0, 0.05) is 32.1 Å². The molecule has 1 amide bonds. The fourth-order valence-corrected chi connectivity index (χ4v) is 5.12. The van der Waals surface area contributed by atoms with Gasteiger partial charge in [0.2, 0.25) is 5.91 Å². The highest BCUT2D eigenvalue weighted by Gasteiger charge is 2.51. The minimum Gasteiger partial charge on any atom is -0.497 e. The maximum atomic E-state index is 13.1. The molecule has 2 unspecified atom stereocenters. The van der Waals surface area contributed by atoms with E-state index in [4.69, 9.17) is 9.47 Å². The molecule has 1 aromatic rings. The van der Waals surface area contributed by atoms with Crippen LogP contribution >= 0.6 is 0 Å². The molecule has 1 saturated carbocycles. The first-order chi connectivity index (χ1) is 12.7. The number of methoxy groups -OCH3 is 1. The minimum atomic E-state index is 0.196. The van der Waals surface area contributed by atoms with Crippen molar-refractivity contribution >= 4 is 5.91 Å². The van der Waals surface area contributed by atoms with E-state index in [9.17, 15) is 4.79 Å². The average molecular weight is 358 g/mol. The predicted octanol–water partition coefficient (Wildman–Crippen LogP) is 2.55. The molecule has 5 heteroatoms. The first kappa shape index (κ1) is 17.8. The van der Waals surface area contributed by atoms with Gasteiger partial charge in [-0.25, -0.2) is 0 Å². The summed E-state index contributed by atoms with van der Waals surface area (Å²) in [4.78, 5) is 17.7. The molecule has 3 fully saturated rings. The number of hydrogen-bond acceptors (Lipinski definition) is 4. The second-order valence-corrected chi connectivity index (χ2v) is 8.05. The molecule has 0 N–H and O–H groups in total. The predicted molar refractivity (Wildman–Crippen MR) is 100 cm³/mol. The lowest BCUT2D eigenvalue weighted by atomic mass is 9.76. The standard InChI is InChI=1S/C21H30N2O3/c1-25-18-6-4-17(5-7-18)15-22-10-9-21(16-22)8-2-3-19(21)20(24)23-11-13-26-14-12-23/h4-7,19H,2-3,8-16H2,1H3. The third-order valence-corrected chi connectivity index (χ3v) is 6.56. The topological polar surface area (TPSA) is 42.0 Å². The van der Waals surface area contributed by atoms with E-state index in [2.05, 4.69) is 17.0 Å². The van der Waals surface area contributed by atoms with Crippen LogP contribution in [0.15, 0.2) is 24.3 Å². The number of carbonyl (C=O) groups excluding carboxylic acids is 1. The van der Waals surface area contributed by atoms with Crippen LogP contribution in [0.3, 0.4) is 0 Å². The number of carbonyl (C=O) groups is 1. The minimum absolute atomic E-state index is 0.196. The van der Waals surface area contributed by atoms with Crippen molar-refractivity contribution in [2.24, 2.45) is 11.3 Å². The zero-order valence-electron chi connectivity index (χ0n) is 15.8. The Morgan fingerprint density at radius 3 is 2.69 bits per heavy atom. The molecule has 1 spiro atoms. The number of likely N-dealkylation sites (tertiary alicyclic amines) is 1. The first-order valence-electron chi connectivity index (χ1n) is 9.92. The first-order valence-corrected chi connectivity index (χ1v) is 9.92. The Kier molecular flexibility index (Phi) is 5.18. The van der Waals surface area contributed by atoms with Crippen molar-refractivity contribution in [3.05, 3.63) is 29.8 Å². The van der Waals surface area contributed by atoms with Crippen LogP contribution in [0.25, 0.3) is 0 Å². The maximum absolute atomic E-state index is 13.1.